The Labute approximate surface area is 134 Å². The lowest BCUT2D eigenvalue weighted by Gasteiger charge is -2.23. The van der Waals surface area contributed by atoms with Gasteiger partial charge in [-0.05, 0) is 13.3 Å². The number of nitrogens with zero attached hydrogens (tertiary/aromatic N) is 5. The third kappa shape index (κ3) is 4.07. The van der Waals surface area contributed by atoms with E-state index in [9.17, 15) is 4.79 Å². The van der Waals surface area contributed by atoms with Gasteiger partial charge in [0, 0.05) is 50.0 Å². The predicted octanol–water partition coefficient (Wildman–Crippen LogP) is 0.906. The highest BCUT2D eigenvalue weighted by Gasteiger charge is 2.24. The van der Waals surface area contributed by atoms with Crippen molar-refractivity contribution < 1.29 is 9.53 Å². The minimum absolute atomic E-state index is 0.0559. The van der Waals surface area contributed by atoms with Gasteiger partial charge in [0.25, 0.3) is 5.91 Å². The van der Waals surface area contributed by atoms with E-state index >= 15 is 0 Å². The molecule has 1 fully saturated rings. The molecule has 0 saturated carbocycles. The molecular weight excluding hydrogens is 294 g/mol. The summed E-state index contributed by atoms with van der Waals surface area (Å²) in [7, 11) is 0. The minimum atomic E-state index is -0.0559. The molecule has 1 atom stereocenters. The normalized spacial score (nSPS) is 18.5. The Bertz CT molecular complexity index is 647. The molecule has 23 heavy (non-hydrogen) atoms. The fraction of sp³-hybridized carbons (Fsp3) is 0.438. The topological polar surface area (TPSA) is 81.1 Å². The first-order valence-electron chi connectivity index (χ1n) is 7.63. The number of carbonyl (C=O) groups is 1. The molecule has 0 aromatic carbocycles. The van der Waals surface area contributed by atoms with Gasteiger partial charge in [0.2, 0.25) is 0 Å². The molecule has 0 radical (unpaired) electrons. The average Bonchev–Trinajstić information content (AvgIpc) is 2.81. The van der Waals surface area contributed by atoms with Crippen molar-refractivity contribution in [1.29, 1.82) is 0 Å². The van der Waals surface area contributed by atoms with E-state index in [1.165, 1.54) is 0 Å². The van der Waals surface area contributed by atoms with Gasteiger partial charge in [-0.25, -0.2) is 9.97 Å². The molecule has 0 spiro atoms. The summed E-state index contributed by atoms with van der Waals surface area (Å²) in [4.78, 5) is 31.0. The number of rotatable bonds is 3. The summed E-state index contributed by atoms with van der Waals surface area (Å²) in [5.74, 6) is 0.797. The van der Waals surface area contributed by atoms with E-state index in [4.69, 9.17) is 4.74 Å². The Morgan fingerprint density at radius 1 is 1.26 bits per heavy atom. The SMILES string of the molecule is Cc1ncc(C(=O)N2CCOCC(Cc3cnccn3)C2)cn1. The van der Waals surface area contributed by atoms with Crippen molar-refractivity contribution in [3.05, 3.63) is 48.1 Å². The van der Waals surface area contributed by atoms with Crippen LogP contribution in [0.25, 0.3) is 0 Å². The summed E-state index contributed by atoms with van der Waals surface area (Å²) in [5, 5.41) is 0. The highest BCUT2D eigenvalue weighted by Crippen LogP contribution is 2.14. The van der Waals surface area contributed by atoms with Gasteiger partial charge in [0.15, 0.2) is 0 Å². The van der Waals surface area contributed by atoms with Crippen LogP contribution in [0, 0.1) is 12.8 Å². The minimum Gasteiger partial charge on any atom is -0.379 e. The van der Waals surface area contributed by atoms with Gasteiger partial charge in [-0.2, -0.15) is 0 Å². The van der Waals surface area contributed by atoms with Crippen molar-refractivity contribution in [2.24, 2.45) is 5.92 Å². The van der Waals surface area contributed by atoms with Crippen LogP contribution in [-0.2, 0) is 11.2 Å². The van der Waals surface area contributed by atoms with Crippen molar-refractivity contribution in [3.63, 3.8) is 0 Å². The Kier molecular flexibility index (Phi) is 4.87. The van der Waals surface area contributed by atoms with Gasteiger partial charge < -0.3 is 9.64 Å². The van der Waals surface area contributed by atoms with Crippen LogP contribution < -0.4 is 0 Å². The van der Waals surface area contributed by atoms with E-state index < -0.39 is 0 Å². The molecule has 1 saturated heterocycles. The molecule has 3 rings (SSSR count). The van der Waals surface area contributed by atoms with Gasteiger partial charge in [-0.1, -0.05) is 0 Å². The molecule has 1 aliphatic heterocycles. The zero-order valence-corrected chi connectivity index (χ0v) is 13.1. The molecule has 7 heteroatoms. The third-order valence-corrected chi connectivity index (χ3v) is 3.77. The average molecular weight is 313 g/mol. The first-order valence-corrected chi connectivity index (χ1v) is 7.63. The molecular formula is C16H19N5O2. The van der Waals surface area contributed by atoms with Gasteiger partial charge >= 0.3 is 0 Å². The highest BCUT2D eigenvalue weighted by atomic mass is 16.5. The summed E-state index contributed by atoms with van der Waals surface area (Å²) >= 11 is 0. The van der Waals surface area contributed by atoms with Crippen molar-refractivity contribution in [3.8, 4) is 0 Å². The smallest absolute Gasteiger partial charge is 0.257 e. The fourth-order valence-corrected chi connectivity index (χ4v) is 2.61. The van der Waals surface area contributed by atoms with Crippen LogP contribution in [0.2, 0.25) is 0 Å². The predicted molar refractivity (Wildman–Crippen MR) is 82.7 cm³/mol. The second-order valence-electron chi connectivity index (χ2n) is 5.61. The summed E-state index contributed by atoms with van der Waals surface area (Å²) in [6.07, 6.45) is 8.98. The standard InChI is InChI=1S/C16H19N5O2/c1-12-19-7-14(8-20-12)16(22)21-4-5-23-11-13(10-21)6-15-9-17-2-3-18-15/h2-3,7-9,13H,4-6,10-11H2,1H3. The lowest BCUT2D eigenvalue weighted by atomic mass is 10.0. The van der Waals surface area contributed by atoms with Crippen LogP contribution in [0.3, 0.4) is 0 Å². The number of ether oxygens (including phenoxy) is 1. The number of amides is 1. The maximum Gasteiger partial charge on any atom is 0.257 e. The van der Waals surface area contributed by atoms with E-state index in [1.807, 2.05) is 4.90 Å². The maximum atomic E-state index is 12.6. The lowest BCUT2D eigenvalue weighted by molar-refractivity contribution is 0.0736. The molecule has 2 aromatic heterocycles. The summed E-state index contributed by atoms with van der Waals surface area (Å²) < 4.78 is 5.64. The third-order valence-electron chi connectivity index (χ3n) is 3.77. The Hall–Kier alpha value is -2.41. The Balaban J connectivity index is 1.69. The van der Waals surface area contributed by atoms with Gasteiger partial charge in [0.1, 0.15) is 5.82 Å². The summed E-state index contributed by atoms with van der Waals surface area (Å²) in [5.41, 5.74) is 1.42. The molecule has 0 aliphatic carbocycles. The molecule has 1 unspecified atom stereocenters. The number of hydrogen-bond acceptors (Lipinski definition) is 6. The lowest BCUT2D eigenvalue weighted by Crippen LogP contribution is -2.36. The number of carbonyl (C=O) groups excluding carboxylic acids is 1. The molecule has 1 aliphatic rings. The summed E-state index contributed by atoms with van der Waals surface area (Å²) in [6.45, 7) is 4.15. The second kappa shape index (κ2) is 7.23. The highest BCUT2D eigenvalue weighted by molar-refractivity contribution is 5.93. The molecule has 1 amide bonds. The monoisotopic (exact) mass is 313 g/mol. The quantitative estimate of drug-likeness (QED) is 0.837. The fourth-order valence-electron chi connectivity index (χ4n) is 2.61. The van der Waals surface area contributed by atoms with Crippen molar-refractivity contribution in [2.75, 3.05) is 26.3 Å². The van der Waals surface area contributed by atoms with E-state index in [0.29, 0.717) is 37.7 Å². The number of aryl methyl sites for hydroxylation is 1. The van der Waals surface area contributed by atoms with E-state index in [2.05, 4.69) is 19.9 Å². The van der Waals surface area contributed by atoms with Gasteiger partial charge in [-0.3, -0.25) is 14.8 Å². The van der Waals surface area contributed by atoms with Crippen LogP contribution in [0.15, 0.2) is 31.0 Å². The molecule has 3 heterocycles. The van der Waals surface area contributed by atoms with Gasteiger partial charge in [-0.15, -0.1) is 0 Å². The first kappa shape index (κ1) is 15.5. The molecule has 0 N–H and O–H groups in total. The Morgan fingerprint density at radius 3 is 2.83 bits per heavy atom. The summed E-state index contributed by atoms with van der Waals surface area (Å²) in [6, 6.07) is 0. The molecule has 120 valence electrons. The maximum absolute atomic E-state index is 12.6. The van der Waals surface area contributed by atoms with Crippen molar-refractivity contribution in [2.45, 2.75) is 13.3 Å². The van der Waals surface area contributed by atoms with E-state index in [0.717, 1.165) is 12.1 Å². The van der Waals surface area contributed by atoms with E-state index in [1.54, 1.807) is 37.9 Å². The van der Waals surface area contributed by atoms with Gasteiger partial charge in [0.05, 0.1) is 24.5 Å². The van der Waals surface area contributed by atoms with Crippen LogP contribution in [-0.4, -0.2) is 57.0 Å². The zero-order valence-electron chi connectivity index (χ0n) is 13.1. The van der Waals surface area contributed by atoms with Crippen molar-refractivity contribution in [1.82, 2.24) is 24.8 Å². The molecule has 0 bridgehead atoms. The Morgan fingerprint density at radius 2 is 2.09 bits per heavy atom. The molecule has 2 aromatic rings. The molecule has 7 nitrogen and oxygen atoms in total. The van der Waals surface area contributed by atoms with Crippen molar-refractivity contribution >= 4 is 5.91 Å². The van der Waals surface area contributed by atoms with Crippen LogP contribution >= 0.6 is 0 Å². The largest absolute Gasteiger partial charge is 0.379 e. The first-order chi connectivity index (χ1) is 11.2. The number of hydrogen-bond donors (Lipinski definition) is 0. The second-order valence-corrected chi connectivity index (χ2v) is 5.61. The van der Waals surface area contributed by atoms with Crippen LogP contribution in [0.5, 0.6) is 0 Å². The number of aromatic nitrogens is 4. The van der Waals surface area contributed by atoms with Crippen LogP contribution in [0.1, 0.15) is 21.9 Å². The van der Waals surface area contributed by atoms with Crippen LogP contribution in [0.4, 0.5) is 0 Å². The zero-order chi connectivity index (χ0) is 16.1. The van der Waals surface area contributed by atoms with E-state index in [-0.39, 0.29) is 11.8 Å².